The number of carbonyl (C=O) groups excluding carboxylic acids is 1. The van der Waals surface area contributed by atoms with E-state index in [0.29, 0.717) is 5.75 Å². The van der Waals surface area contributed by atoms with Gasteiger partial charge in [-0.25, -0.2) is 0 Å². The summed E-state index contributed by atoms with van der Waals surface area (Å²) < 4.78 is 10.7. The molecule has 1 unspecified atom stereocenters. The highest BCUT2D eigenvalue weighted by Crippen LogP contribution is 2.34. The maximum Gasteiger partial charge on any atom is 0.244 e. The summed E-state index contributed by atoms with van der Waals surface area (Å²) in [7, 11) is 0. The summed E-state index contributed by atoms with van der Waals surface area (Å²) in [5.74, 6) is 1.29. The number of para-hydroxylation sites is 1. The molecule has 1 aliphatic heterocycles. The van der Waals surface area contributed by atoms with Gasteiger partial charge >= 0.3 is 0 Å². The van der Waals surface area contributed by atoms with Gasteiger partial charge in [0.05, 0.1) is 11.6 Å². The quantitative estimate of drug-likeness (QED) is 0.729. The van der Waals surface area contributed by atoms with Gasteiger partial charge in [0.1, 0.15) is 0 Å². The van der Waals surface area contributed by atoms with Crippen LogP contribution in [-0.2, 0) is 4.79 Å². The Kier molecular flexibility index (Phi) is 4.27. The van der Waals surface area contributed by atoms with Gasteiger partial charge in [0.25, 0.3) is 0 Å². The number of carbonyl (C=O) groups is 1. The second-order valence-corrected chi connectivity index (χ2v) is 6.09. The van der Waals surface area contributed by atoms with Crippen LogP contribution < -0.4 is 14.8 Å². The van der Waals surface area contributed by atoms with Crippen molar-refractivity contribution in [3.05, 3.63) is 71.9 Å². The van der Waals surface area contributed by atoms with Crippen molar-refractivity contribution >= 4 is 22.9 Å². The number of nitrogens with zero attached hydrogens (tertiary/aromatic N) is 1. The number of ether oxygens (including phenoxy) is 2. The van der Waals surface area contributed by atoms with Gasteiger partial charge in [-0.2, -0.15) is 0 Å². The minimum atomic E-state index is -0.156. The highest BCUT2D eigenvalue weighted by molar-refractivity contribution is 5.95. The van der Waals surface area contributed by atoms with Crippen molar-refractivity contribution in [2.75, 3.05) is 6.79 Å². The van der Waals surface area contributed by atoms with Crippen molar-refractivity contribution in [1.82, 2.24) is 10.3 Å². The Balaban J connectivity index is 1.47. The first-order chi connectivity index (χ1) is 12.7. The second-order valence-electron chi connectivity index (χ2n) is 6.09. The van der Waals surface area contributed by atoms with Gasteiger partial charge < -0.3 is 14.8 Å². The summed E-state index contributed by atoms with van der Waals surface area (Å²) in [4.78, 5) is 16.6. The number of amides is 1. The number of rotatable bonds is 4. The molecular weight excluding hydrogens is 328 g/mol. The number of nitrogens with one attached hydrogen (secondary N) is 1. The zero-order valence-electron chi connectivity index (χ0n) is 14.3. The molecule has 1 aromatic heterocycles. The average molecular weight is 346 g/mol. The van der Waals surface area contributed by atoms with Crippen LogP contribution in [0.25, 0.3) is 17.0 Å². The van der Waals surface area contributed by atoms with E-state index in [-0.39, 0.29) is 18.7 Å². The van der Waals surface area contributed by atoms with Gasteiger partial charge in [0, 0.05) is 17.7 Å². The first-order valence-electron chi connectivity index (χ1n) is 8.42. The molecule has 2 heterocycles. The topological polar surface area (TPSA) is 60.5 Å². The smallest absolute Gasteiger partial charge is 0.244 e. The molecule has 5 nitrogen and oxygen atoms in total. The molecule has 0 radical (unpaired) electrons. The van der Waals surface area contributed by atoms with Gasteiger partial charge in [-0.3, -0.25) is 9.78 Å². The van der Waals surface area contributed by atoms with Crippen LogP contribution in [0.15, 0.2) is 60.8 Å². The number of benzene rings is 2. The molecule has 1 aliphatic rings. The Morgan fingerprint density at radius 1 is 1.15 bits per heavy atom. The van der Waals surface area contributed by atoms with E-state index in [9.17, 15) is 4.79 Å². The summed E-state index contributed by atoms with van der Waals surface area (Å²) in [6, 6.07) is 15.3. The van der Waals surface area contributed by atoms with Gasteiger partial charge in [0.2, 0.25) is 12.7 Å². The Morgan fingerprint density at radius 3 is 2.92 bits per heavy atom. The molecule has 130 valence electrons. The second kappa shape index (κ2) is 6.88. The van der Waals surface area contributed by atoms with E-state index >= 15 is 0 Å². The summed E-state index contributed by atoms with van der Waals surface area (Å²) in [5, 5.41) is 3.98. The Hall–Kier alpha value is -3.34. The fourth-order valence-corrected chi connectivity index (χ4v) is 2.96. The average Bonchev–Trinajstić information content (AvgIpc) is 3.14. The molecule has 0 spiro atoms. The lowest BCUT2D eigenvalue weighted by Crippen LogP contribution is -2.24. The van der Waals surface area contributed by atoms with E-state index in [1.807, 2.05) is 61.5 Å². The molecular formula is C21H18N2O3. The Bertz CT molecular complexity index is 992. The van der Waals surface area contributed by atoms with E-state index in [1.165, 1.54) is 0 Å². The molecule has 2 aromatic carbocycles. The summed E-state index contributed by atoms with van der Waals surface area (Å²) in [6.45, 7) is 2.17. The molecule has 0 bridgehead atoms. The number of aromatic nitrogens is 1. The molecule has 26 heavy (non-hydrogen) atoms. The predicted octanol–water partition coefficient (Wildman–Crippen LogP) is 3.85. The van der Waals surface area contributed by atoms with Crippen molar-refractivity contribution < 1.29 is 14.3 Å². The standard InChI is InChI=1S/C21H18N2O3/c1-14(16-6-8-19-20(12-16)26-13-25-19)23-21(24)9-7-15-10-11-22-18-5-3-2-4-17(15)18/h2-12,14H,13H2,1H3,(H,23,24)/b9-7+. The van der Waals surface area contributed by atoms with Crippen LogP contribution in [0.1, 0.15) is 24.1 Å². The van der Waals surface area contributed by atoms with Crippen molar-refractivity contribution in [2.45, 2.75) is 13.0 Å². The number of pyridine rings is 1. The molecule has 0 saturated carbocycles. The van der Waals surface area contributed by atoms with Crippen LogP contribution in [0.4, 0.5) is 0 Å². The molecule has 3 aromatic rings. The lowest BCUT2D eigenvalue weighted by Gasteiger charge is -2.13. The minimum Gasteiger partial charge on any atom is -0.454 e. The van der Waals surface area contributed by atoms with Crippen LogP contribution in [0, 0.1) is 0 Å². The van der Waals surface area contributed by atoms with E-state index in [0.717, 1.165) is 27.8 Å². The van der Waals surface area contributed by atoms with Crippen molar-refractivity contribution in [3.63, 3.8) is 0 Å². The summed E-state index contributed by atoms with van der Waals surface area (Å²) in [6.07, 6.45) is 5.10. The Morgan fingerprint density at radius 2 is 2.00 bits per heavy atom. The van der Waals surface area contributed by atoms with Crippen molar-refractivity contribution in [2.24, 2.45) is 0 Å². The largest absolute Gasteiger partial charge is 0.454 e. The molecule has 0 aliphatic carbocycles. The summed E-state index contributed by atoms with van der Waals surface area (Å²) in [5.41, 5.74) is 2.83. The zero-order valence-corrected chi connectivity index (χ0v) is 14.3. The Labute approximate surface area is 151 Å². The SMILES string of the molecule is CC(NC(=O)/C=C/c1ccnc2ccccc12)c1ccc2c(c1)OCO2. The van der Waals surface area contributed by atoms with Gasteiger partial charge in [-0.05, 0) is 48.4 Å². The minimum absolute atomic E-state index is 0.143. The molecule has 0 fully saturated rings. The van der Waals surface area contributed by atoms with Crippen LogP contribution in [0.2, 0.25) is 0 Å². The third-order valence-corrected chi connectivity index (χ3v) is 4.35. The van der Waals surface area contributed by atoms with Crippen LogP contribution >= 0.6 is 0 Å². The fourth-order valence-electron chi connectivity index (χ4n) is 2.96. The molecule has 0 saturated heterocycles. The third kappa shape index (κ3) is 3.24. The van der Waals surface area contributed by atoms with Crippen LogP contribution in [-0.4, -0.2) is 17.7 Å². The maximum atomic E-state index is 12.3. The summed E-state index contributed by atoms with van der Waals surface area (Å²) >= 11 is 0. The molecule has 1 amide bonds. The normalized spacial score (nSPS) is 13.9. The van der Waals surface area contributed by atoms with E-state index < -0.39 is 0 Å². The molecule has 1 atom stereocenters. The number of fused-ring (bicyclic) bond motifs is 2. The third-order valence-electron chi connectivity index (χ3n) is 4.35. The van der Waals surface area contributed by atoms with E-state index in [2.05, 4.69) is 10.3 Å². The van der Waals surface area contributed by atoms with Gasteiger partial charge in [-0.1, -0.05) is 24.3 Å². The lowest BCUT2D eigenvalue weighted by atomic mass is 10.1. The maximum absolute atomic E-state index is 12.3. The fraction of sp³-hybridized carbons (Fsp3) is 0.143. The highest BCUT2D eigenvalue weighted by atomic mass is 16.7. The number of hydrogen-bond acceptors (Lipinski definition) is 4. The number of hydrogen-bond donors (Lipinski definition) is 1. The molecule has 4 rings (SSSR count). The first kappa shape index (κ1) is 16.1. The van der Waals surface area contributed by atoms with E-state index in [1.54, 1.807) is 12.3 Å². The predicted molar refractivity (Wildman–Crippen MR) is 99.9 cm³/mol. The van der Waals surface area contributed by atoms with Crippen LogP contribution in [0.5, 0.6) is 11.5 Å². The monoisotopic (exact) mass is 346 g/mol. The van der Waals surface area contributed by atoms with Gasteiger partial charge in [0.15, 0.2) is 11.5 Å². The van der Waals surface area contributed by atoms with Gasteiger partial charge in [-0.15, -0.1) is 0 Å². The van der Waals surface area contributed by atoms with Crippen molar-refractivity contribution in [1.29, 1.82) is 0 Å². The van der Waals surface area contributed by atoms with Crippen LogP contribution in [0.3, 0.4) is 0 Å². The molecule has 5 heteroatoms. The molecule has 1 N–H and O–H groups in total. The van der Waals surface area contributed by atoms with E-state index in [4.69, 9.17) is 9.47 Å². The highest BCUT2D eigenvalue weighted by Gasteiger charge is 2.16. The lowest BCUT2D eigenvalue weighted by molar-refractivity contribution is -0.117. The van der Waals surface area contributed by atoms with Crippen molar-refractivity contribution in [3.8, 4) is 11.5 Å². The first-order valence-corrected chi connectivity index (χ1v) is 8.42. The zero-order chi connectivity index (χ0) is 17.9.